The fraction of sp³-hybridized carbons (Fsp3) is 0.333. The maximum Gasteiger partial charge on any atom is 0.126 e. The molecule has 6 heteroatoms. The highest BCUT2D eigenvalue weighted by Gasteiger charge is 1.94. The molecule has 0 rings (SSSR count). The molecule has 0 saturated heterocycles. The van der Waals surface area contributed by atoms with Crippen molar-refractivity contribution in [3.05, 3.63) is 0 Å². The number of hydrogen-bond acceptors (Lipinski definition) is 4. The maximum absolute atomic E-state index is 5.16. The highest BCUT2D eigenvalue weighted by molar-refractivity contribution is 6.00. The van der Waals surface area contributed by atoms with Gasteiger partial charge in [-0.1, -0.05) is 0 Å². The van der Waals surface area contributed by atoms with Crippen LogP contribution >= 0.6 is 0 Å². The van der Waals surface area contributed by atoms with Gasteiger partial charge in [-0.2, -0.15) is 10.2 Å². The van der Waals surface area contributed by atoms with Gasteiger partial charge in [0.2, 0.25) is 0 Å². The molecule has 0 fully saturated rings. The summed E-state index contributed by atoms with van der Waals surface area (Å²) in [6.07, 6.45) is 0.215. The van der Waals surface area contributed by atoms with Crippen molar-refractivity contribution in [3.8, 4) is 0 Å². The van der Waals surface area contributed by atoms with Crippen LogP contribution in [0.25, 0.3) is 0 Å². The van der Waals surface area contributed by atoms with Gasteiger partial charge in [0.25, 0.3) is 0 Å². The summed E-state index contributed by atoms with van der Waals surface area (Å²) in [5.41, 5.74) is 10.3. The molecule has 0 aliphatic heterocycles. The Hall–Kier alpha value is -1.46. The smallest absolute Gasteiger partial charge is 0.126 e. The SMILES string of the molecule is NN=C(N)C/C(N)=N/N. The van der Waals surface area contributed by atoms with Gasteiger partial charge in [-0.05, 0) is 0 Å². The first-order valence-corrected chi connectivity index (χ1v) is 2.25. The van der Waals surface area contributed by atoms with Gasteiger partial charge in [-0.25, -0.2) is 0 Å². The van der Waals surface area contributed by atoms with E-state index in [0.29, 0.717) is 0 Å². The second-order valence-electron chi connectivity index (χ2n) is 1.42. The Morgan fingerprint density at radius 2 is 1.33 bits per heavy atom. The molecule has 0 heterocycles. The molecular formula is C3H10N6. The minimum Gasteiger partial charge on any atom is -0.385 e. The Bertz CT molecular complexity index is 119. The normalized spacial score (nSPS) is 13.8. The topological polar surface area (TPSA) is 129 Å². The fourth-order valence-electron chi connectivity index (χ4n) is 0.277. The largest absolute Gasteiger partial charge is 0.385 e. The van der Waals surface area contributed by atoms with Crippen LogP contribution in [0.4, 0.5) is 0 Å². The Balaban J connectivity index is 3.75. The molecule has 8 N–H and O–H groups in total. The van der Waals surface area contributed by atoms with Crippen molar-refractivity contribution < 1.29 is 0 Å². The van der Waals surface area contributed by atoms with Crippen LogP contribution < -0.4 is 23.2 Å². The van der Waals surface area contributed by atoms with Gasteiger partial charge < -0.3 is 23.2 Å². The van der Waals surface area contributed by atoms with Crippen LogP contribution in [0.15, 0.2) is 10.2 Å². The standard InChI is InChI=1S/C3H10N6/c4-2(8-6)1-3(5)9-7/h1,6-7H2,(H2,4,8)(H2,5,9). The monoisotopic (exact) mass is 130 g/mol. The quantitative estimate of drug-likeness (QED) is 0.147. The first-order valence-electron chi connectivity index (χ1n) is 2.25. The van der Waals surface area contributed by atoms with Gasteiger partial charge in [0.15, 0.2) is 0 Å². The zero-order valence-electron chi connectivity index (χ0n) is 4.91. The summed E-state index contributed by atoms with van der Waals surface area (Å²) in [6, 6.07) is 0. The van der Waals surface area contributed by atoms with E-state index in [-0.39, 0.29) is 18.1 Å². The molecule has 52 valence electrons. The molecule has 6 nitrogen and oxygen atoms in total. The molecule has 0 aromatic heterocycles. The van der Waals surface area contributed by atoms with Crippen molar-refractivity contribution in [1.29, 1.82) is 0 Å². The molecule has 0 unspecified atom stereocenters. The third-order valence-electron chi connectivity index (χ3n) is 0.694. The van der Waals surface area contributed by atoms with Gasteiger partial charge in [0.1, 0.15) is 11.7 Å². The van der Waals surface area contributed by atoms with Crippen LogP contribution in [0.1, 0.15) is 6.42 Å². The Labute approximate surface area is 52.6 Å². The molecular weight excluding hydrogens is 120 g/mol. The molecule has 0 radical (unpaired) electrons. The van der Waals surface area contributed by atoms with Crippen LogP contribution in [0.5, 0.6) is 0 Å². The average Bonchev–Trinajstić information content (AvgIpc) is 1.87. The molecule has 0 atom stereocenters. The number of nitrogens with two attached hydrogens (primary N) is 4. The summed E-state index contributed by atoms with van der Waals surface area (Å²) in [6.45, 7) is 0. The highest BCUT2D eigenvalue weighted by atomic mass is 15.2. The van der Waals surface area contributed by atoms with E-state index in [9.17, 15) is 0 Å². The summed E-state index contributed by atoms with van der Waals surface area (Å²) in [5, 5.41) is 6.31. The molecule has 0 bridgehead atoms. The lowest BCUT2D eigenvalue weighted by Gasteiger charge is -1.94. The van der Waals surface area contributed by atoms with E-state index in [4.69, 9.17) is 23.2 Å². The molecule has 0 spiro atoms. The fourth-order valence-corrected chi connectivity index (χ4v) is 0.277. The Morgan fingerprint density at radius 3 is 1.56 bits per heavy atom. The second-order valence-corrected chi connectivity index (χ2v) is 1.42. The van der Waals surface area contributed by atoms with E-state index in [1.807, 2.05) is 0 Å². The van der Waals surface area contributed by atoms with Crippen molar-refractivity contribution in [3.63, 3.8) is 0 Å². The van der Waals surface area contributed by atoms with Crippen LogP contribution in [-0.2, 0) is 0 Å². The first-order chi connectivity index (χ1) is 4.20. The molecule has 0 aliphatic rings. The zero-order valence-corrected chi connectivity index (χ0v) is 4.91. The van der Waals surface area contributed by atoms with Crippen LogP contribution in [0, 0.1) is 0 Å². The lowest BCUT2D eigenvalue weighted by atomic mass is 10.4. The number of amidine groups is 2. The van der Waals surface area contributed by atoms with Crippen molar-refractivity contribution in [2.24, 2.45) is 33.4 Å². The van der Waals surface area contributed by atoms with Gasteiger partial charge in [0, 0.05) is 0 Å². The van der Waals surface area contributed by atoms with Crippen LogP contribution in [0.3, 0.4) is 0 Å². The molecule has 0 aliphatic carbocycles. The highest BCUT2D eigenvalue weighted by Crippen LogP contribution is 1.75. The molecule has 0 aromatic carbocycles. The van der Waals surface area contributed by atoms with Crippen molar-refractivity contribution in [1.82, 2.24) is 0 Å². The van der Waals surface area contributed by atoms with Gasteiger partial charge in [0.05, 0.1) is 6.42 Å². The first kappa shape index (κ1) is 7.54. The maximum atomic E-state index is 5.16. The minimum absolute atomic E-state index is 0.210. The molecule has 0 amide bonds. The number of hydrogen-bond donors (Lipinski definition) is 4. The summed E-state index contributed by atoms with van der Waals surface area (Å²) in [4.78, 5) is 0. The average molecular weight is 130 g/mol. The summed E-state index contributed by atoms with van der Waals surface area (Å²) in [5.74, 6) is 9.99. The summed E-state index contributed by atoms with van der Waals surface area (Å²) < 4.78 is 0. The van der Waals surface area contributed by atoms with Crippen molar-refractivity contribution in [2.75, 3.05) is 0 Å². The van der Waals surface area contributed by atoms with Crippen molar-refractivity contribution in [2.45, 2.75) is 6.42 Å². The van der Waals surface area contributed by atoms with Crippen LogP contribution in [-0.4, -0.2) is 11.7 Å². The number of nitrogens with zero attached hydrogens (tertiary/aromatic N) is 2. The van der Waals surface area contributed by atoms with Gasteiger partial charge in [-0.15, -0.1) is 0 Å². The Morgan fingerprint density at radius 1 is 1.00 bits per heavy atom. The van der Waals surface area contributed by atoms with Crippen molar-refractivity contribution >= 4 is 11.7 Å². The molecule has 0 saturated carbocycles. The lowest BCUT2D eigenvalue weighted by Crippen LogP contribution is -2.24. The van der Waals surface area contributed by atoms with E-state index in [1.165, 1.54) is 0 Å². The predicted molar refractivity (Wildman–Crippen MR) is 36.2 cm³/mol. The van der Waals surface area contributed by atoms with E-state index >= 15 is 0 Å². The number of rotatable bonds is 2. The van der Waals surface area contributed by atoms with Crippen LogP contribution in [0.2, 0.25) is 0 Å². The number of hydrazone groups is 2. The molecule has 9 heavy (non-hydrogen) atoms. The predicted octanol–water partition coefficient (Wildman–Crippen LogP) is -2.16. The minimum atomic E-state index is 0.210. The second kappa shape index (κ2) is 3.53. The summed E-state index contributed by atoms with van der Waals surface area (Å²) >= 11 is 0. The zero-order chi connectivity index (χ0) is 7.28. The molecule has 0 aromatic rings. The third-order valence-corrected chi connectivity index (χ3v) is 0.694. The van der Waals surface area contributed by atoms with E-state index in [0.717, 1.165) is 0 Å². The lowest BCUT2D eigenvalue weighted by molar-refractivity contribution is 1.17. The Kier molecular flexibility index (Phi) is 2.96. The van der Waals surface area contributed by atoms with E-state index < -0.39 is 0 Å². The van der Waals surface area contributed by atoms with E-state index in [2.05, 4.69) is 10.2 Å². The van der Waals surface area contributed by atoms with Gasteiger partial charge >= 0.3 is 0 Å². The van der Waals surface area contributed by atoms with Gasteiger partial charge in [-0.3, -0.25) is 0 Å². The summed E-state index contributed by atoms with van der Waals surface area (Å²) in [7, 11) is 0. The third kappa shape index (κ3) is 3.15. The van der Waals surface area contributed by atoms with E-state index in [1.54, 1.807) is 0 Å².